The Morgan fingerprint density at radius 1 is 1.31 bits per heavy atom. The fraction of sp³-hybridized carbons (Fsp3) is 0.200. The number of benzene rings is 2. The van der Waals surface area contributed by atoms with Gasteiger partial charge in [-0.05, 0) is 23.8 Å². The van der Waals surface area contributed by atoms with Gasteiger partial charge in [-0.3, -0.25) is 9.59 Å². The van der Waals surface area contributed by atoms with Crippen LogP contribution in [0.15, 0.2) is 58.2 Å². The Balaban J connectivity index is 1.82. The molecule has 0 spiro atoms. The molecule has 3 rings (SSSR count). The van der Waals surface area contributed by atoms with Crippen LogP contribution in [0, 0.1) is 0 Å². The van der Waals surface area contributed by atoms with Crippen LogP contribution in [0.3, 0.4) is 0 Å². The summed E-state index contributed by atoms with van der Waals surface area (Å²) in [6.45, 7) is 0.374. The minimum atomic E-state index is -1.76. The van der Waals surface area contributed by atoms with Crippen molar-refractivity contribution in [3.05, 3.63) is 69.7 Å². The third-order valence-electron chi connectivity index (χ3n) is 4.34. The van der Waals surface area contributed by atoms with Crippen molar-refractivity contribution in [2.45, 2.75) is 25.0 Å². The number of carboxylic acids is 1. The predicted molar refractivity (Wildman–Crippen MR) is 107 cm³/mol. The first kappa shape index (κ1) is 20.4. The van der Waals surface area contributed by atoms with Crippen LogP contribution in [-0.2, 0) is 21.0 Å². The van der Waals surface area contributed by atoms with E-state index in [2.05, 4.69) is 25.9 Å². The first-order chi connectivity index (χ1) is 13.9. The van der Waals surface area contributed by atoms with Crippen LogP contribution in [0.2, 0.25) is 0 Å². The maximum Gasteiger partial charge on any atom is 0.327 e. The largest absolute Gasteiger partial charge is 0.489 e. The van der Waals surface area contributed by atoms with E-state index in [-0.39, 0.29) is 6.42 Å². The molecular weight excluding hydrogens is 442 g/mol. The first-order valence-electron chi connectivity index (χ1n) is 8.59. The Labute approximate surface area is 174 Å². The molecule has 0 fully saturated rings. The average Bonchev–Trinajstić information content (AvgIpc) is 3.13. The lowest BCUT2D eigenvalue weighted by molar-refractivity contribution is -0.152. The Hall–Kier alpha value is -3.29. The number of ether oxygens (including phenoxy) is 1. The highest BCUT2D eigenvalue weighted by molar-refractivity contribution is 9.10. The molecule has 1 aliphatic heterocycles. The van der Waals surface area contributed by atoms with Gasteiger partial charge < -0.3 is 20.2 Å². The number of carbonyl (C=O) groups excluding carboxylic acids is 1. The summed E-state index contributed by atoms with van der Waals surface area (Å²) in [6.07, 6.45) is -0.0899. The zero-order valence-corrected chi connectivity index (χ0v) is 16.7. The van der Waals surface area contributed by atoms with E-state index in [9.17, 15) is 14.7 Å². The minimum Gasteiger partial charge on any atom is -0.489 e. The van der Waals surface area contributed by atoms with E-state index >= 15 is 0 Å². The monoisotopic (exact) mass is 457 g/mol. The summed E-state index contributed by atoms with van der Waals surface area (Å²) in [7, 11) is 0. The van der Waals surface area contributed by atoms with Gasteiger partial charge in [0.1, 0.15) is 12.4 Å². The zero-order chi connectivity index (χ0) is 20.9. The molecule has 0 bridgehead atoms. The van der Waals surface area contributed by atoms with Gasteiger partial charge in [0.2, 0.25) is 5.60 Å². The van der Waals surface area contributed by atoms with Crippen LogP contribution in [0.4, 0.5) is 0 Å². The molecule has 0 aliphatic carbocycles. The molecule has 0 saturated carbocycles. The second-order valence-electron chi connectivity index (χ2n) is 6.40. The third-order valence-corrected chi connectivity index (χ3v) is 5.03. The topological polar surface area (TPSA) is 122 Å². The molecule has 0 aromatic heterocycles. The summed E-state index contributed by atoms with van der Waals surface area (Å²) in [5, 5.41) is 13.1. The highest BCUT2D eigenvalue weighted by Crippen LogP contribution is 2.34. The van der Waals surface area contributed by atoms with E-state index in [0.717, 1.165) is 5.56 Å². The van der Waals surface area contributed by atoms with E-state index in [1.165, 1.54) is 0 Å². The highest BCUT2D eigenvalue weighted by Gasteiger charge is 2.49. The van der Waals surface area contributed by atoms with Crippen LogP contribution in [0.1, 0.15) is 24.0 Å². The summed E-state index contributed by atoms with van der Waals surface area (Å²) in [5.74, 6) is -1.44. The van der Waals surface area contributed by atoms with Gasteiger partial charge in [0.05, 0.1) is 12.1 Å². The molecule has 1 N–H and O–H groups in total. The molecular formula is C20H16BrN3O5. The Morgan fingerprint density at radius 3 is 2.76 bits per heavy atom. The Bertz CT molecular complexity index is 1020. The van der Waals surface area contributed by atoms with Crippen LogP contribution in [-0.4, -0.2) is 39.2 Å². The molecule has 1 heterocycles. The second kappa shape index (κ2) is 8.81. The molecule has 0 radical (unpaired) electrons. The number of halogens is 1. The van der Waals surface area contributed by atoms with E-state index < -0.39 is 23.8 Å². The number of ketones is 1. The van der Waals surface area contributed by atoms with Crippen LogP contribution in [0.5, 0.6) is 5.75 Å². The zero-order valence-electron chi connectivity index (χ0n) is 15.1. The number of aliphatic carboxylic acids is 1. The van der Waals surface area contributed by atoms with Crippen LogP contribution in [0.25, 0.3) is 5.53 Å². The van der Waals surface area contributed by atoms with E-state index in [1.807, 2.05) is 30.3 Å². The van der Waals surface area contributed by atoms with Gasteiger partial charge in [0, 0.05) is 16.5 Å². The number of Topliss-reactive ketones (excluding diaryl/α,β-unsaturated/α-hetero) is 1. The summed E-state index contributed by atoms with van der Waals surface area (Å²) in [5.41, 5.74) is 8.88. The number of hydrogen-bond donors (Lipinski definition) is 1. The summed E-state index contributed by atoms with van der Waals surface area (Å²) >= 11 is 3.43. The molecule has 0 amide bonds. The van der Waals surface area contributed by atoms with Gasteiger partial charge in [0.25, 0.3) is 5.78 Å². The maximum absolute atomic E-state index is 12.3. The first-order valence-corrected chi connectivity index (χ1v) is 9.38. The smallest absolute Gasteiger partial charge is 0.327 e. The predicted octanol–water partition coefficient (Wildman–Crippen LogP) is 3.24. The molecule has 2 aromatic carbocycles. The van der Waals surface area contributed by atoms with Crippen molar-refractivity contribution in [1.29, 1.82) is 0 Å². The molecule has 148 valence electrons. The molecule has 29 heavy (non-hydrogen) atoms. The molecule has 0 saturated heterocycles. The third kappa shape index (κ3) is 4.77. The number of carboxylic acid groups (broad SMARTS) is 1. The molecule has 2 aromatic rings. The summed E-state index contributed by atoms with van der Waals surface area (Å²) in [6, 6.07) is 14.9. The minimum absolute atomic E-state index is 0.0924. The lowest BCUT2D eigenvalue weighted by atomic mass is 9.87. The van der Waals surface area contributed by atoms with Crippen molar-refractivity contribution in [1.82, 2.24) is 0 Å². The molecule has 8 nitrogen and oxygen atoms in total. The maximum atomic E-state index is 12.3. The van der Waals surface area contributed by atoms with Crippen LogP contribution < -0.4 is 4.74 Å². The number of hydrogen-bond acceptors (Lipinski definition) is 5. The molecule has 1 aliphatic rings. The lowest BCUT2D eigenvalue weighted by Gasteiger charge is -2.19. The van der Waals surface area contributed by atoms with Crippen LogP contribution >= 0.6 is 15.9 Å². The number of oxime groups is 1. The van der Waals surface area contributed by atoms with Crippen molar-refractivity contribution >= 4 is 39.6 Å². The fourth-order valence-electron chi connectivity index (χ4n) is 2.91. The fourth-order valence-corrected chi connectivity index (χ4v) is 3.38. The van der Waals surface area contributed by atoms with Gasteiger partial charge in [-0.25, -0.2) is 0 Å². The average molecular weight is 458 g/mol. The SMILES string of the molecule is [N-]=[N+]=CC(=O)C1(CC(=O)O)CC(c2cc(OCc3ccccc3)ccc2Br)=NO1. The van der Waals surface area contributed by atoms with Crippen molar-refractivity contribution in [2.75, 3.05) is 0 Å². The standard InChI is InChI=1S/C20H16BrN3O5/c21-16-7-6-14(28-12-13-4-2-1-3-5-13)8-15(16)17-9-20(29-24-17,10-19(26)27)18(25)11-23-22/h1-8,11H,9-10,12H2,(H,26,27). The highest BCUT2D eigenvalue weighted by atomic mass is 79.9. The number of nitrogens with zero attached hydrogens (tertiary/aromatic N) is 3. The normalized spacial score (nSPS) is 17.6. The lowest BCUT2D eigenvalue weighted by Crippen LogP contribution is -2.42. The number of carbonyl (C=O) groups is 2. The summed E-state index contributed by atoms with van der Waals surface area (Å²) in [4.78, 5) is 31.5. The van der Waals surface area contributed by atoms with E-state index in [4.69, 9.17) is 15.1 Å². The van der Waals surface area contributed by atoms with Crippen molar-refractivity contribution < 1.29 is 29.1 Å². The quantitative estimate of drug-likeness (QED) is 0.370. The van der Waals surface area contributed by atoms with Gasteiger partial charge in [0.15, 0.2) is 0 Å². The number of rotatable bonds is 8. The van der Waals surface area contributed by atoms with Gasteiger partial charge in [-0.1, -0.05) is 51.4 Å². The summed E-state index contributed by atoms with van der Waals surface area (Å²) < 4.78 is 6.50. The Kier molecular flexibility index (Phi) is 6.21. The van der Waals surface area contributed by atoms with Gasteiger partial charge in [-0.2, -0.15) is 4.79 Å². The molecule has 9 heteroatoms. The van der Waals surface area contributed by atoms with E-state index in [0.29, 0.717) is 34.3 Å². The second-order valence-corrected chi connectivity index (χ2v) is 7.25. The molecule has 1 atom stereocenters. The van der Waals surface area contributed by atoms with Crippen molar-refractivity contribution in [2.24, 2.45) is 5.16 Å². The molecule has 1 unspecified atom stereocenters. The Morgan fingerprint density at radius 2 is 2.07 bits per heavy atom. The van der Waals surface area contributed by atoms with Gasteiger partial charge in [-0.15, -0.1) is 0 Å². The van der Waals surface area contributed by atoms with E-state index in [1.54, 1.807) is 18.2 Å². The van der Waals surface area contributed by atoms with Crippen molar-refractivity contribution in [3.8, 4) is 5.75 Å². The van der Waals surface area contributed by atoms with Crippen molar-refractivity contribution in [3.63, 3.8) is 0 Å². The van der Waals surface area contributed by atoms with Gasteiger partial charge >= 0.3 is 12.2 Å².